The highest BCUT2D eigenvalue weighted by Gasteiger charge is 2.65. The molecule has 5 rings (SSSR count). The van der Waals surface area contributed by atoms with E-state index in [0.717, 1.165) is 12.5 Å². The Kier molecular flexibility index (Phi) is 6.69. The third-order valence-corrected chi connectivity index (χ3v) is 11.0. The Morgan fingerprint density at radius 2 is 1.95 bits per heavy atom. The maximum atomic E-state index is 15.4. The van der Waals surface area contributed by atoms with Crippen molar-refractivity contribution in [3.63, 3.8) is 0 Å². The third kappa shape index (κ3) is 4.43. The number of halogens is 1. The molecule has 12 heteroatoms. The van der Waals surface area contributed by atoms with Crippen LogP contribution in [-0.4, -0.2) is 61.7 Å². The van der Waals surface area contributed by atoms with Crippen LogP contribution in [0.25, 0.3) is 11.0 Å². The molecule has 2 aliphatic carbocycles. The molecule has 0 aromatic carbocycles. The first-order valence-electron chi connectivity index (χ1n) is 13.6. The first-order valence-corrected chi connectivity index (χ1v) is 15.3. The number of sulfonamides is 1. The van der Waals surface area contributed by atoms with E-state index in [1.54, 1.807) is 9.47 Å². The van der Waals surface area contributed by atoms with Crippen LogP contribution < -0.4 is 15.1 Å². The van der Waals surface area contributed by atoms with Gasteiger partial charge in [-0.15, -0.1) is 0 Å². The van der Waals surface area contributed by atoms with Crippen LogP contribution in [0.3, 0.4) is 0 Å². The van der Waals surface area contributed by atoms with Crippen LogP contribution in [-0.2, 0) is 25.1 Å². The summed E-state index contributed by atoms with van der Waals surface area (Å²) in [5, 5.41) is -0.0477. The van der Waals surface area contributed by atoms with Gasteiger partial charge in [-0.1, -0.05) is 13.8 Å². The molecule has 3 atom stereocenters. The Balaban J connectivity index is 1.42. The third-order valence-electron chi connectivity index (χ3n) is 9.45. The maximum Gasteiger partial charge on any atom is 0.343 e. The van der Waals surface area contributed by atoms with Crippen molar-refractivity contribution >= 4 is 38.6 Å². The number of rotatable bonds is 6. The molecule has 1 aliphatic heterocycles. The van der Waals surface area contributed by atoms with Crippen molar-refractivity contribution in [2.24, 2.45) is 16.7 Å². The van der Waals surface area contributed by atoms with E-state index in [-0.39, 0.29) is 51.8 Å². The summed E-state index contributed by atoms with van der Waals surface area (Å²) in [6.07, 6.45) is 3.69. The fraction of sp³-hybridized carbons (Fsp3) is 0.643. The van der Waals surface area contributed by atoms with Gasteiger partial charge in [0.25, 0.3) is 0 Å². The van der Waals surface area contributed by atoms with E-state index >= 15 is 4.39 Å². The molecule has 0 radical (unpaired) electrons. The number of nitrogens with one attached hydrogen (secondary N) is 1. The number of Topliss-reactive ketones (excluding diaryl/α,β-unsaturated/α-hetero) is 1. The Labute approximate surface area is 233 Å². The summed E-state index contributed by atoms with van der Waals surface area (Å²) in [7, 11) is -2.62. The van der Waals surface area contributed by atoms with Gasteiger partial charge in [-0.2, -0.15) is 0 Å². The average molecular weight is 577 g/mol. The number of hydrogen-bond acceptors (Lipinski definition) is 8. The van der Waals surface area contributed by atoms with Gasteiger partial charge in [0.1, 0.15) is 17.0 Å². The van der Waals surface area contributed by atoms with Crippen molar-refractivity contribution in [1.82, 2.24) is 14.3 Å². The zero-order valence-electron chi connectivity index (χ0n) is 23.8. The average Bonchev–Trinajstić information content (AvgIpc) is 3.45. The fourth-order valence-corrected chi connectivity index (χ4v) is 9.09. The largest absolute Gasteiger partial charge is 0.465 e. The molecule has 10 nitrogen and oxygen atoms in total. The molecule has 3 fully saturated rings. The predicted molar refractivity (Wildman–Crippen MR) is 148 cm³/mol. The molecule has 1 saturated heterocycles. The minimum absolute atomic E-state index is 0.00162. The normalized spacial score (nSPS) is 26.2. The van der Waals surface area contributed by atoms with Crippen LogP contribution in [0.4, 0.5) is 10.2 Å². The quantitative estimate of drug-likeness (QED) is 0.520. The Hall–Kier alpha value is -2.86. The highest BCUT2D eigenvalue weighted by atomic mass is 32.2. The maximum absolute atomic E-state index is 15.4. The van der Waals surface area contributed by atoms with Crippen molar-refractivity contribution in [3.8, 4) is 0 Å². The molecule has 0 amide bonds. The number of aromatic nitrogens is 2. The van der Waals surface area contributed by atoms with E-state index in [0.29, 0.717) is 25.8 Å². The van der Waals surface area contributed by atoms with Gasteiger partial charge >= 0.3 is 5.97 Å². The Morgan fingerprint density at radius 1 is 1.25 bits per heavy atom. The molecule has 3 heterocycles. The topological polar surface area (TPSA) is 128 Å². The van der Waals surface area contributed by atoms with Gasteiger partial charge in [0.05, 0.1) is 18.2 Å². The smallest absolute Gasteiger partial charge is 0.343 e. The highest BCUT2D eigenvalue weighted by molar-refractivity contribution is 7.89. The monoisotopic (exact) mass is 576 g/mol. The Bertz CT molecular complexity index is 1580. The molecule has 2 aromatic heterocycles. The molecular formula is C28H37FN4O6S. The van der Waals surface area contributed by atoms with Crippen molar-refractivity contribution in [2.45, 2.75) is 71.9 Å². The van der Waals surface area contributed by atoms with Crippen molar-refractivity contribution < 1.29 is 27.1 Å². The van der Waals surface area contributed by atoms with Crippen LogP contribution in [0.1, 0.15) is 70.7 Å². The summed E-state index contributed by atoms with van der Waals surface area (Å²) >= 11 is 0. The number of anilines is 1. The molecule has 1 N–H and O–H groups in total. The van der Waals surface area contributed by atoms with Crippen LogP contribution in [0.5, 0.6) is 0 Å². The second-order valence-corrected chi connectivity index (χ2v) is 14.8. The fourth-order valence-electron chi connectivity index (χ4n) is 6.98. The zero-order valence-corrected chi connectivity index (χ0v) is 24.7. The number of esters is 1. The van der Waals surface area contributed by atoms with Crippen molar-refractivity contribution in [2.75, 3.05) is 30.9 Å². The number of fused-ring (bicyclic) bond motifs is 3. The lowest BCUT2D eigenvalue weighted by Gasteiger charge is -2.36. The van der Waals surface area contributed by atoms with E-state index in [9.17, 15) is 22.8 Å². The lowest BCUT2D eigenvalue weighted by Crippen LogP contribution is -2.48. The number of methoxy groups -OCH3 is 1. The first kappa shape index (κ1) is 28.7. The number of ketones is 1. The lowest BCUT2D eigenvalue weighted by molar-refractivity contribution is -0.128. The Morgan fingerprint density at radius 3 is 2.52 bits per heavy atom. The second kappa shape index (κ2) is 9.34. The van der Waals surface area contributed by atoms with Gasteiger partial charge in [-0.05, 0) is 57.4 Å². The molecule has 40 heavy (non-hydrogen) atoms. The summed E-state index contributed by atoms with van der Waals surface area (Å²) in [4.78, 5) is 44.3. The SMILES string of the molecule is COC(=O)c1cn(C(C)(C)C)c2nc(N3CC[C@H](NS(=O)(=O)C[C@@]45CC[C@@H](CC4=O)C5(C)C)C3)c(F)cc2c1=O. The van der Waals surface area contributed by atoms with Crippen LogP contribution in [0.15, 0.2) is 17.1 Å². The van der Waals surface area contributed by atoms with Crippen LogP contribution in [0, 0.1) is 22.6 Å². The summed E-state index contributed by atoms with van der Waals surface area (Å²) < 4.78 is 51.2. The number of pyridine rings is 2. The van der Waals surface area contributed by atoms with Gasteiger partial charge < -0.3 is 14.2 Å². The van der Waals surface area contributed by atoms with E-state index in [2.05, 4.69) is 9.71 Å². The number of carbonyl (C=O) groups is 2. The van der Waals surface area contributed by atoms with Crippen molar-refractivity contribution in [1.29, 1.82) is 0 Å². The molecule has 0 unspecified atom stereocenters. The highest BCUT2D eigenvalue weighted by Crippen LogP contribution is 2.64. The van der Waals surface area contributed by atoms with Gasteiger partial charge in [-0.3, -0.25) is 9.59 Å². The van der Waals surface area contributed by atoms with E-state index < -0.39 is 44.2 Å². The zero-order chi connectivity index (χ0) is 29.4. The number of nitrogens with zero attached hydrogens (tertiary/aromatic N) is 3. The predicted octanol–water partition coefficient (Wildman–Crippen LogP) is 2.97. The minimum Gasteiger partial charge on any atom is -0.465 e. The first-order chi connectivity index (χ1) is 18.5. The van der Waals surface area contributed by atoms with E-state index in [4.69, 9.17) is 4.74 Å². The van der Waals surface area contributed by atoms with Crippen molar-refractivity contribution in [3.05, 3.63) is 33.9 Å². The summed E-state index contributed by atoms with van der Waals surface area (Å²) in [6, 6.07) is 0.594. The number of carbonyl (C=O) groups excluding carboxylic acids is 2. The molecule has 218 valence electrons. The van der Waals surface area contributed by atoms with Gasteiger partial charge in [0, 0.05) is 42.7 Å². The lowest BCUT2D eigenvalue weighted by atomic mass is 9.70. The summed E-state index contributed by atoms with van der Waals surface area (Å²) in [5.74, 6) is -1.55. The molecule has 3 aliphatic rings. The second-order valence-electron chi connectivity index (χ2n) is 13.0. The molecule has 2 bridgehead atoms. The summed E-state index contributed by atoms with van der Waals surface area (Å²) in [5.41, 5.74) is -2.52. The van der Waals surface area contributed by atoms with E-state index in [1.165, 1.54) is 13.3 Å². The van der Waals surface area contributed by atoms with Crippen LogP contribution >= 0.6 is 0 Å². The number of hydrogen-bond donors (Lipinski definition) is 1. The number of ether oxygens (including phenoxy) is 1. The van der Waals surface area contributed by atoms with Gasteiger partial charge in [0.2, 0.25) is 15.5 Å². The van der Waals surface area contributed by atoms with Gasteiger partial charge in [-0.25, -0.2) is 27.3 Å². The molecule has 0 spiro atoms. The molecule has 2 aromatic rings. The van der Waals surface area contributed by atoms with Crippen LogP contribution in [0.2, 0.25) is 0 Å². The minimum atomic E-state index is -3.79. The molecular weight excluding hydrogens is 539 g/mol. The standard InChI is InChI=1S/C28H37FN4O6S/c1-26(2,3)33-14-19(25(36)39-6)22(35)18-12-20(29)24(30-23(18)33)32-10-8-17(13-32)31-40(37,38)15-28-9-7-16(11-21(28)34)27(28,4)5/h12,14,16-17,31H,7-11,13,15H2,1-6H3/t16-,17-,28-/m0/s1. The summed E-state index contributed by atoms with van der Waals surface area (Å²) in [6.45, 7) is 10.1. The molecule has 2 saturated carbocycles. The van der Waals surface area contributed by atoms with E-state index in [1.807, 2.05) is 34.6 Å². The van der Waals surface area contributed by atoms with Gasteiger partial charge in [0.15, 0.2) is 11.6 Å².